The molecular weight excluding hydrogens is 264 g/mol. The van der Waals surface area contributed by atoms with Crippen LogP contribution in [0.15, 0.2) is 46.8 Å². The molecule has 1 N–H and O–H groups in total. The van der Waals surface area contributed by atoms with Gasteiger partial charge < -0.3 is 5.11 Å². The molecule has 1 aromatic carbocycles. The number of hydrogen-bond acceptors (Lipinski definition) is 4. The Labute approximate surface area is 111 Å². The van der Waals surface area contributed by atoms with E-state index >= 15 is 0 Å². The average Bonchev–Trinajstić information content (AvgIpc) is 2.86. The Morgan fingerprint density at radius 2 is 2.11 bits per heavy atom. The van der Waals surface area contributed by atoms with E-state index in [0.29, 0.717) is 5.69 Å². The van der Waals surface area contributed by atoms with Crippen LogP contribution in [0, 0.1) is 0 Å². The molecule has 0 unspecified atom stereocenters. The molecule has 19 heavy (non-hydrogen) atoms. The smallest absolute Gasteiger partial charge is 0.337 e. The molecule has 0 saturated heterocycles. The van der Waals surface area contributed by atoms with Crippen LogP contribution in [0.4, 0.5) is 0 Å². The highest BCUT2D eigenvalue weighted by Gasteiger charge is 2.07. The normalized spacial score (nSPS) is 10.7. The second kappa shape index (κ2) is 4.33. The fourth-order valence-electron chi connectivity index (χ4n) is 1.81. The zero-order chi connectivity index (χ0) is 13.4. The van der Waals surface area contributed by atoms with Crippen molar-refractivity contribution in [3.05, 3.63) is 58.0 Å². The highest BCUT2D eigenvalue weighted by Crippen LogP contribution is 2.20. The molecule has 0 fully saturated rings. The number of fused-ring (bicyclic) bond motifs is 1. The second-order valence-corrected chi connectivity index (χ2v) is 4.82. The van der Waals surface area contributed by atoms with Crippen LogP contribution in [0.2, 0.25) is 0 Å². The maximum Gasteiger partial charge on any atom is 0.337 e. The molecule has 0 bridgehead atoms. The molecule has 0 aliphatic carbocycles. The van der Waals surface area contributed by atoms with Gasteiger partial charge in [-0.15, -0.1) is 11.3 Å². The van der Waals surface area contributed by atoms with Gasteiger partial charge in [-0.25, -0.2) is 9.78 Å². The Hall–Kier alpha value is -2.47. The molecule has 0 atom stereocenters. The molecule has 3 rings (SSSR count). The van der Waals surface area contributed by atoms with Crippen molar-refractivity contribution in [1.82, 2.24) is 9.55 Å². The van der Waals surface area contributed by atoms with Crippen molar-refractivity contribution in [1.29, 1.82) is 0 Å². The predicted molar refractivity (Wildman–Crippen MR) is 72.2 cm³/mol. The van der Waals surface area contributed by atoms with Crippen molar-refractivity contribution < 1.29 is 9.90 Å². The minimum absolute atomic E-state index is 0.0731. The summed E-state index contributed by atoms with van der Waals surface area (Å²) < 4.78 is 2.27. The summed E-state index contributed by atoms with van der Waals surface area (Å²) in [6, 6.07) is 7.92. The van der Waals surface area contributed by atoms with E-state index in [9.17, 15) is 9.59 Å². The fraction of sp³-hybridized carbons (Fsp3) is 0. The third-order valence-corrected chi connectivity index (χ3v) is 3.54. The van der Waals surface area contributed by atoms with Crippen LogP contribution < -0.4 is 5.56 Å². The molecule has 2 aromatic heterocycles. The topological polar surface area (TPSA) is 72.2 Å². The van der Waals surface area contributed by atoms with Crippen LogP contribution >= 0.6 is 11.3 Å². The van der Waals surface area contributed by atoms with Crippen LogP contribution in [-0.4, -0.2) is 20.6 Å². The van der Waals surface area contributed by atoms with Crippen molar-refractivity contribution in [2.45, 2.75) is 0 Å². The number of aromatic carboxylic acids is 1. The summed E-state index contributed by atoms with van der Waals surface area (Å²) in [5, 5.41) is 8.96. The average molecular weight is 272 g/mol. The van der Waals surface area contributed by atoms with Gasteiger partial charge in [0.25, 0.3) is 5.56 Å². The first-order valence-corrected chi connectivity index (χ1v) is 6.33. The van der Waals surface area contributed by atoms with Crippen molar-refractivity contribution in [2.24, 2.45) is 0 Å². The number of carbonyl (C=O) groups is 1. The molecule has 0 aliphatic rings. The van der Waals surface area contributed by atoms with Crippen molar-refractivity contribution in [2.75, 3.05) is 0 Å². The summed E-state index contributed by atoms with van der Waals surface area (Å²) in [6.45, 7) is 0. The third-order valence-electron chi connectivity index (χ3n) is 2.75. The third kappa shape index (κ3) is 2.02. The van der Waals surface area contributed by atoms with E-state index in [0.717, 1.165) is 10.2 Å². The van der Waals surface area contributed by atoms with E-state index in [1.165, 1.54) is 34.2 Å². The first-order valence-electron chi connectivity index (χ1n) is 5.45. The zero-order valence-electron chi connectivity index (χ0n) is 9.61. The quantitative estimate of drug-likeness (QED) is 0.775. The maximum atomic E-state index is 11.8. The number of carboxylic acids is 1. The van der Waals surface area contributed by atoms with Gasteiger partial charge in [0, 0.05) is 12.3 Å². The first kappa shape index (κ1) is 11.6. The van der Waals surface area contributed by atoms with Gasteiger partial charge in [0.1, 0.15) is 0 Å². The largest absolute Gasteiger partial charge is 0.478 e. The van der Waals surface area contributed by atoms with Gasteiger partial charge in [-0.1, -0.05) is 0 Å². The van der Waals surface area contributed by atoms with Gasteiger partial charge in [0.05, 0.1) is 27.0 Å². The highest BCUT2D eigenvalue weighted by molar-refractivity contribution is 7.16. The molecular formula is C13H8N2O3S. The number of aromatic nitrogens is 2. The summed E-state index contributed by atoms with van der Waals surface area (Å²) in [6.07, 6.45) is 1.33. The predicted octanol–water partition coefficient (Wildman–Crippen LogP) is 2.15. The number of pyridine rings is 1. The van der Waals surface area contributed by atoms with Crippen LogP contribution in [0.3, 0.4) is 0 Å². The van der Waals surface area contributed by atoms with Gasteiger partial charge >= 0.3 is 5.97 Å². The Balaban J connectivity index is 2.22. The lowest BCUT2D eigenvalue weighted by Gasteiger charge is -2.06. The van der Waals surface area contributed by atoms with Gasteiger partial charge in [-0.2, -0.15) is 0 Å². The molecule has 0 saturated carbocycles. The van der Waals surface area contributed by atoms with Gasteiger partial charge in [0.15, 0.2) is 0 Å². The van der Waals surface area contributed by atoms with Crippen LogP contribution in [0.25, 0.3) is 15.9 Å². The first-order chi connectivity index (χ1) is 9.15. The SMILES string of the molecule is O=C(O)c1ccc(=O)n(-c2ccc3ncsc3c2)c1. The Morgan fingerprint density at radius 1 is 1.26 bits per heavy atom. The number of benzene rings is 1. The zero-order valence-corrected chi connectivity index (χ0v) is 10.4. The molecule has 0 amide bonds. The molecule has 0 aliphatic heterocycles. The summed E-state index contributed by atoms with van der Waals surface area (Å²) in [4.78, 5) is 26.9. The van der Waals surface area contributed by atoms with Gasteiger partial charge in [-0.05, 0) is 24.3 Å². The molecule has 2 heterocycles. The number of carboxylic acid groups (broad SMARTS) is 1. The number of rotatable bonds is 2. The molecule has 5 nitrogen and oxygen atoms in total. The van der Waals surface area contributed by atoms with E-state index in [4.69, 9.17) is 5.11 Å². The minimum atomic E-state index is -1.06. The number of thiazole rings is 1. The van der Waals surface area contributed by atoms with Crippen LogP contribution in [0.5, 0.6) is 0 Å². The van der Waals surface area contributed by atoms with Crippen LogP contribution in [-0.2, 0) is 0 Å². The monoisotopic (exact) mass is 272 g/mol. The second-order valence-electron chi connectivity index (χ2n) is 3.94. The van der Waals surface area contributed by atoms with E-state index in [2.05, 4.69) is 4.98 Å². The lowest BCUT2D eigenvalue weighted by Crippen LogP contribution is -2.18. The van der Waals surface area contributed by atoms with Crippen LogP contribution in [0.1, 0.15) is 10.4 Å². The summed E-state index contributed by atoms with van der Waals surface area (Å²) in [7, 11) is 0. The number of hydrogen-bond donors (Lipinski definition) is 1. The highest BCUT2D eigenvalue weighted by atomic mass is 32.1. The van der Waals surface area contributed by atoms with E-state index in [1.807, 2.05) is 6.07 Å². The fourth-order valence-corrected chi connectivity index (χ4v) is 2.52. The molecule has 0 radical (unpaired) electrons. The summed E-state index contributed by atoms with van der Waals surface area (Å²) in [5.41, 5.74) is 3.02. The van der Waals surface area contributed by atoms with E-state index < -0.39 is 5.97 Å². The summed E-state index contributed by atoms with van der Waals surface area (Å²) in [5.74, 6) is -1.06. The molecule has 6 heteroatoms. The maximum absolute atomic E-state index is 11.8. The Bertz CT molecular complexity index is 835. The Morgan fingerprint density at radius 3 is 2.89 bits per heavy atom. The lowest BCUT2D eigenvalue weighted by atomic mass is 10.2. The van der Waals surface area contributed by atoms with Crippen molar-refractivity contribution in [3.63, 3.8) is 0 Å². The number of nitrogens with zero attached hydrogens (tertiary/aromatic N) is 2. The molecule has 0 spiro atoms. The van der Waals surface area contributed by atoms with Gasteiger partial charge in [0.2, 0.25) is 0 Å². The standard InChI is InChI=1S/C13H8N2O3S/c16-12-4-1-8(13(17)18)6-15(12)9-2-3-10-11(5-9)19-7-14-10/h1-7H,(H,17,18). The Kier molecular flexibility index (Phi) is 2.64. The van der Waals surface area contributed by atoms with Crippen molar-refractivity contribution >= 4 is 27.5 Å². The van der Waals surface area contributed by atoms with Gasteiger partial charge in [-0.3, -0.25) is 9.36 Å². The summed E-state index contributed by atoms with van der Waals surface area (Å²) >= 11 is 1.47. The van der Waals surface area contributed by atoms with E-state index in [-0.39, 0.29) is 11.1 Å². The van der Waals surface area contributed by atoms with E-state index in [1.54, 1.807) is 17.6 Å². The van der Waals surface area contributed by atoms with Crippen molar-refractivity contribution in [3.8, 4) is 5.69 Å². The molecule has 94 valence electrons. The lowest BCUT2D eigenvalue weighted by molar-refractivity contribution is 0.0696. The molecule has 3 aromatic rings. The minimum Gasteiger partial charge on any atom is -0.478 e.